The van der Waals surface area contributed by atoms with E-state index in [1.54, 1.807) is 7.11 Å². The molecule has 0 saturated carbocycles. The third-order valence-electron chi connectivity index (χ3n) is 1.45. The van der Waals surface area contributed by atoms with Gasteiger partial charge in [-0.3, -0.25) is 0 Å². The molecule has 0 aromatic carbocycles. The van der Waals surface area contributed by atoms with Gasteiger partial charge in [0.1, 0.15) is 0 Å². The predicted octanol–water partition coefficient (Wildman–Crippen LogP) is 1.15. The third-order valence-corrected chi connectivity index (χ3v) is 1.45. The zero-order valence-corrected chi connectivity index (χ0v) is 6.39. The van der Waals surface area contributed by atoms with Crippen LogP contribution in [0.1, 0.15) is 26.2 Å². The second kappa shape index (κ2) is 6.05. The second-order valence-corrected chi connectivity index (χ2v) is 2.30. The Kier molecular flexibility index (Phi) is 5.99. The van der Waals surface area contributed by atoms with Crippen molar-refractivity contribution in [1.82, 2.24) is 0 Å². The van der Waals surface area contributed by atoms with Crippen LogP contribution in [0.2, 0.25) is 0 Å². The van der Waals surface area contributed by atoms with Gasteiger partial charge in [-0.15, -0.1) is 0 Å². The Hall–Kier alpha value is -0.0800. The van der Waals surface area contributed by atoms with Crippen LogP contribution in [0.25, 0.3) is 0 Å². The van der Waals surface area contributed by atoms with Crippen molar-refractivity contribution >= 4 is 0 Å². The van der Waals surface area contributed by atoms with E-state index < -0.39 is 0 Å². The van der Waals surface area contributed by atoms with E-state index in [1.165, 1.54) is 0 Å². The molecule has 1 atom stereocenters. The summed E-state index contributed by atoms with van der Waals surface area (Å²) < 4.78 is 4.88. The Morgan fingerprint density at radius 2 is 2.22 bits per heavy atom. The molecule has 0 aromatic heterocycles. The molecule has 0 fully saturated rings. The summed E-state index contributed by atoms with van der Waals surface area (Å²) >= 11 is 0. The number of hydrogen-bond acceptors (Lipinski definition) is 2. The van der Waals surface area contributed by atoms with Crippen molar-refractivity contribution < 1.29 is 4.74 Å². The van der Waals surface area contributed by atoms with Crippen LogP contribution in [-0.2, 0) is 4.74 Å². The van der Waals surface area contributed by atoms with Crippen LogP contribution < -0.4 is 5.73 Å². The Labute approximate surface area is 57.4 Å². The van der Waals surface area contributed by atoms with Gasteiger partial charge >= 0.3 is 0 Å². The first-order valence-corrected chi connectivity index (χ1v) is 3.55. The van der Waals surface area contributed by atoms with Gasteiger partial charge in [-0.25, -0.2) is 0 Å². The molecule has 0 aliphatic rings. The van der Waals surface area contributed by atoms with Crippen LogP contribution in [0.4, 0.5) is 0 Å². The summed E-state index contributed by atoms with van der Waals surface area (Å²) in [7, 11) is 1.72. The summed E-state index contributed by atoms with van der Waals surface area (Å²) in [5, 5.41) is 0. The normalized spacial score (nSPS) is 13.7. The Morgan fingerprint density at radius 3 is 2.67 bits per heavy atom. The van der Waals surface area contributed by atoms with Gasteiger partial charge in [0, 0.05) is 19.8 Å². The largest absolute Gasteiger partial charge is 0.385 e. The maximum atomic E-state index is 5.66. The first-order valence-electron chi connectivity index (χ1n) is 3.55. The molecule has 56 valence electrons. The number of ether oxygens (including phenoxy) is 1. The molecule has 0 radical (unpaired) electrons. The van der Waals surface area contributed by atoms with Crippen molar-refractivity contribution in [3.8, 4) is 0 Å². The highest BCUT2D eigenvalue weighted by Crippen LogP contribution is 1.97. The Bertz CT molecular complexity index is 56.9. The molecule has 0 spiro atoms. The van der Waals surface area contributed by atoms with E-state index in [1.807, 2.05) is 0 Å². The zero-order valence-electron chi connectivity index (χ0n) is 6.39. The lowest BCUT2D eigenvalue weighted by Crippen LogP contribution is -2.18. The van der Waals surface area contributed by atoms with Gasteiger partial charge in [0.25, 0.3) is 0 Å². The number of hydrogen-bond donors (Lipinski definition) is 1. The predicted molar refractivity (Wildman–Crippen MR) is 39.4 cm³/mol. The monoisotopic (exact) mass is 131 g/mol. The average Bonchev–Trinajstić information content (AvgIpc) is 1.89. The minimum Gasteiger partial charge on any atom is -0.385 e. The third kappa shape index (κ3) is 5.80. The van der Waals surface area contributed by atoms with Crippen molar-refractivity contribution in [2.45, 2.75) is 32.2 Å². The van der Waals surface area contributed by atoms with Crippen molar-refractivity contribution in [2.24, 2.45) is 5.73 Å². The lowest BCUT2D eigenvalue weighted by atomic mass is 10.1. The number of nitrogens with two attached hydrogens (primary N) is 1. The highest BCUT2D eigenvalue weighted by atomic mass is 16.5. The summed E-state index contributed by atoms with van der Waals surface area (Å²) in [5.41, 5.74) is 5.66. The molecule has 0 heterocycles. The van der Waals surface area contributed by atoms with Crippen LogP contribution in [-0.4, -0.2) is 19.8 Å². The molecule has 0 saturated heterocycles. The maximum absolute atomic E-state index is 5.66. The highest BCUT2D eigenvalue weighted by Gasteiger charge is 1.96. The molecule has 0 bridgehead atoms. The fourth-order valence-electron chi connectivity index (χ4n) is 0.694. The molecule has 0 aromatic rings. The first-order chi connectivity index (χ1) is 4.31. The lowest BCUT2D eigenvalue weighted by molar-refractivity contribution is 0.190. The van der Waals surface area contributed by atoms with Gasteiger partial charge in [0.15, 0.2) is 0 Å². The van der Waals surface area contributed by atoms with E-state index in [2.05, 4.69) is 6.92 Å². The molecular weight excluding hydrogens is 114 g/mol. The molecule has 0 aliphatic heterocycles. The van der Waals surface area contributed by atoms with Crippen LogP contribution in [0.3, 0.4) is 0 Å². The van der Waals surface area contributed by atoms with Gasteiger partial charge < -0.3 is 10.5 Å². The van der Waals surface area contributed by atoms with Gasteiger partial charge in [-0.2, -0.15) is 0 Å². The van der Waals surface area contributed by atoms with Crippen LogP contribution in [0, 0.1) is 0 Å². The van der Waals surface area contributed by atoms with E-state index in [0.717, 1.165) is 25.9 Å². The summed E-state index contributed by atoms with van der Waals surface area (Å²) in [4.78, 5) is 0. The SMILES string of the molecule is CCC(N)CCCOC. The topological polar surface area (TPSA) is 35.2 Å². The average molecular weight is 131 g/mol. The van der Waals surface area contributed by atoms with Crippen LogP contribution in [0.15, 0.2) is 0 Å². The number of rotatable bonds is 5. The fourth-order valence-corrected chi connectivity index (χ4v) is 0.694. The van der Waals surface area contributed by atoms with Crippen molar-refractivity contribution in [3.63, 3.8) is 0 Å². The molecule has 0 amide bonds. The van der Waals surface area contributed by atoms with Crippen LogP contribution >= 0.6 is 0 Å². The maximum Gasteiger partial charge on any atom is 0.0462 e. The summed E-state index contributed by atoms with van der Waals surface area (Å²) in [5.74, 6) is 0. The molecule has 1 unspecified atom stereocenters. The lowest BCUT2D eigenvalue weighted by Gasteiger charge is -2.06. The minimum atomic E-state index is 0.375. The zero-order chi connectivity index (χ0) is 7.11. The van der Waals surface area contributed by atoms with E-state index in [4.69, 9.17) is 10.5 Å². The minimum absolute atomic E-state index is 0.375. The smallest absolute Gasteiger partial charge is 0.0462 e. The molecule has 2 nitrogen and oxygen atoms in total. The summed E-state index contributed by atoms with van der Waals surface area (Å²) in [6, 6.07) is 0.375. The van der Waals surface area contributed by atoms with E-state index in [9.17, 15) is 0 Å². The quantitative estimate of drug-likeness (QED) is 0.568. The summed E-state index contributed by atoms with van der Waals surface area (Å²) in [6.45, 7) is 2.95. The van der Waals surface area contributed by atoms with Crippen molar-refractivity contribution in [2.75, 3.05) is 13.7 Å². The Balaban J connectivity index is 2.88. The molecule has 0 rings (SSSR count). The first kappa shape index (κ1) is 8.92. The second-order valence-electron chi connectivity index (χ2n) is 2.30. The standard InChI is InChI=1S/C7H17NO/c1-3-7(8)5-4-6-9-2/h7H,3-6,8H2,1-2H3. The molecule has 9 heavy (non-hydrogen) atoms. The molecule has 0 aliphatic carbocycles. The van der Waals surface area contributed by atoms with Crippen molar-refractivity contribution in [1.29, 1.82) is 0 Å². The molecule has 2 N–H and O–H groups in total. The molecular formula is C7H17NO. The fraction of sp³-hybridized carbons (Fsp3) is 1.00. The number of methoxy groups -OCH3 is 1. The van der Waals surface area contributed by atoms with Gasteiger partial charge in [-0.1, -0.05) is 6.92 Å². The van der Waals surface area contributed by atoms with Crippen molar-refractivity contribution in [3.05, 3.63) is 0 Å². The van der Waals surface area contributed by atoms with Gasteiger partial charge in [-0.05, 0) is 19.3 Å². The van der Waals surface area contributed by atoms with Gasteiger partial charge in [0.05, 0.1) is 0 Å². The Morgan fingerprint density at radius 1 is 1.56 bits per heavy atom. The van der Waals surface area contributed by atoms with Crippen LogP contribution in [0.5, 0.6) is 0 Å². The van der Waals surface area contributed by atoms with Gasteiger partial charge in [0.2, 0.25) is 0 Å². The molecule has 2 heteroatoms. The summed E-state index contributed by atoms with van der Waals surface area (Å²) in [6.07, 6.45) is 3.25. The van der Waals surface area contributed by atoms with E-state index >= 15 is 0 Å². The highest BCUT2D eigenvalue weighted by molar-refractivity contribution is 4.56. The van der Waals surface area contributed by atoms with E-state index in [-0.39, 0.29) is 0 Å². The van der Waals surface area contributed by atoms with E-state index in [0.29, 0.717) is 6.04 Å².